The summed E-state index contributed by atoms with van der Waals surface area (Å²) in [5.74, 6) is 0.376. The molecule has 2 atom stereocenters. The molecule has 0 heterocycles. The van der Waals surface area contributed by atoms with Gasteiger partial charge >= 0.3 is 0 Å². The summed E-state index contributed by atoms with van der Waals surface area (Å²) in [7, 11) is -3.63. The monoisotopic (exact) mass is 404 g/mol. The highest BCUT2D eigenvalue weighted by Gasteiger charge is 2.29. The second kappa shape index (κ2) is 9.10. The van der Waals surface area contributed by atoms with Crippen LogP contribution in [0.2, 0.25) is 0 Å². The quantitative estimate of drug-likeness (QED) is 0.734. The van der Waals surface area contributed by atoms with Gasteiger partial charge in [-0.3, -0.25) is 9.10 Å². The fourth-order valence-corrected chi connectivity index (χ4v) is 4.01. The van der Waals surface area contributed by atoms with Gasteiger partial charge in [0.2, 0.25) is 15.9 Å². The normalized spacial score (nSPS) is 13.5. The van der Waals surface area contributed by atoms with E-state index < -0.39 is 16.1 Å². The molecule has 0 aromatic heterocycles. The maximum absolute atomic E-state index is 12.7. The zero-order chi connectivity index (χ0) is 20.9. The zero-order valence-electron chi connectivity index (χ0n) is 17.0. The number of amides is 1. The number of sulfonamides is 1. The number of carbonyl (C=O) groups excluding carboxylic acids is 1. The van der Waals surface area contributed by atoms with Crippen molar-refractivity contribution >= 4 is 21.6 Å². The first-order valence-corrected chi connectivity index (χ1v) is 11.0. The van der Waals surface area contributed by atoms with Crippen LogP contribution >= 0.6 is 0 Å². The molecule has 7 heteroatoms. The molecule has 0 spiro atoms. The number of aryl methyl sites for hydroxylation is 2. The first-order chi connectivity index (χ1) is 13.1. The van der Waals surface area contributed by atoms with E-state index in [9.17, 15) is 13.2 Å². The minimum atomic E-state index is -3.63. The predicted octanol–water partition coefficient (Wildman–Crippen LogP) is 3.04. The lowest BCUT2D eigenvalue weighted by Gasteiger charge is -2.29. The van der Waals surface area contributed by atoms with Crippen LogP contribution in [0, 0.1) is 13.8 Å². The van der Waals surface area contributed by atoms with Crippen LogP contribution in [0.5, 0.6) is 5.75 Å². The molecule has 0 fully saturated rings. The fourth-order valence-electron chi connectivity index (χ4n) is 2.84. The molecule has 1 amide bonds. The molecule has 0 radical (unpaired) electrons. The molecule has 2 aromatic carbocycles. The van der Waals surface area contributed by atoms with Gasteiger partial charge < -0.3 is 10.1 Å². The Balaban J connectivity index is 2.06. The number of anilines is 1. The molecule has 152 valence electrons. The van der Waals surface area contributed by atoms with E-state index in [-0.39, 0.29) is 18.6 Å². The molecule has 1 N–H and O–H groups in total. The van der Waals surface area contributed by atoms with Crippen molar-refractivity contribution in [2.24, 2.45) is 0 Å². The molecule has 0 bridgehead atoms. The Morgan fingerprint density at radius 2 is 1.68 bits per heavy atom. The third-order valence-electron chi connectivity index (χ3n) is 4.35. The van der Waals surface area contributed by atoms with Crippen molar-refractivity contribution in [2.45, 2.75) is 39.8 Å². The third kappa shape index (κ3) is 5.73. The summed E-state index contributed by atoms with van der Waals surface area (Å²) in [5.41, 5.74) is 2.48. The van der Waals surface area contributed by atoms with Crippen LogP contribution in [-0.4, -0.2) is 39.3 Å². The average molecular weight is 405 g/mol. The van der Waals surface area contributed by atoms with Gasteiger partial charge in [-0.25, -0.2) is 8.42 Å². The van der Waals surface area contributed by atoms with E-state index in [2.05, 4.69) is 5.32 Å². The Morgan fingerprint density at radius 1 is 1.07 bits per heavy atom. The number of ether oxygens (including phenoxy) is 1. The zero-order valence-corrected chi connectivity index (χ0v) is 17.8. The Kier molecular flexibility index (Phi) is 7.07. The summed E-state index contributed by atoms with van der Waals surface area (Å²) in [4.78, 5) is 12.7. The Labute approximate surface area is 167 Å². The van der Waals surface area contributed by atoms with Gasteiger partial charge in [0.25, 0.3) is 0 Å². The maximum atomic E-state index is 12.7. The van der Waals surface area contributed by atoms with Crippen LogP contribution in [0.1, 0.15) is 25.0 Å². The van der Waals surface area contributed by atoms with E-state index in [1.54, 1.807) is 19.1 Å². The van der Waals surface area contributed by atoms with E-state index >= 15 is 0 Å². The molecule has 0 aliphatic carbocycles. The van der Waals surface area contributed by atoms with Crippen LogP contribution in [0.4, 0.5) is 5.69 Å². The first-order valence-electron chi connectivity index (χ1n) is 9.14. The second-order valence-corrected chi connectivity index (χ2v) is 8.92. The number of rotatable bonds is 8. The Hall–Kier alpha value is -2.54. The molecule has 0 saturated heterocycles. The van der Waals surface area contributed by atoms with Gasteiger partial charge in [0.1, 0.15) is 18.4 Å². The van der Waals surface area contributed by atoms with Crippen molar-refractivity contribution in [1.82, 2.24) is 5.32 Å². The standard InChI is InChI=1S/C21H28N2O4S/c1-15-10-12-19(13-11-15)23(28(5,25)26)18(4)21(24)22-17(3)14-27-20-9-7-6-8-16(20)2/h6-13,17-18H,14H2,1-5H3,(H,22,24)/t17-,18+/m0/s1. The van der Waals surface area contributed by atoms with Gasteiger partial charge in [0, 0.05) is 0 Å². The average Bonchev–Trinajstić information content (AvgIpc) is 2.61. The molecule has 28 heavy (non-hydrogen) atoms. The number of nitrogens with one attached hydrogen (secondary N) is 1. The van der Waals surface area contributed by atoms with Crippen LogP contribution in [0.15, 0.2) is 48.5 Å². The lowest BCUT2D eigenvalue weighted by atomic mass is 10.2. The summed E-state index contributed by atoms with van der Waals surface area (Å²) >= 11 is 0. The highest BCUT2D eigenvalue weighted by atomic mass is 32.2. The Morgan fingerprint density at radius 3 is 2.25 bits per heavy atom. The van der Waals surface area contributed by atoms with Gasteiger partial charge in [0.05, 0.1) is 18.0 Å². The minimum Gasteiger partial charge on any atom is -0.491 e. The van der Waals surface area contributed by atoms with Crippen LogP contribution in [0.25, 0.3) is 0 Å². The third-order valence-corrected chi connectivity index (χ3v) is 5.59. The van der Waals surface area contributed by atoms with E-state index in [1.807, 2.05) is 57.2 Å². The molecular formula is C21H28N2O4S. The largest absolute Gasteiger partial charge is 0.491 e. The van der Waals surface area contributed by atoms with E-state index in [4.69, 9.17) is 4.74 Å². The number of hydrogen-bond acceptors (Lipinski definition) is 4. The summed E-state index contributed by atoms with van der Waals surface area (Å²) in [6, 6.07) is 13.5. The second-order valence-electron chi connectivity index (χ2n) is 7.06. The fraction of sp³-hybridized carbons (Fsp3) is 0.381. The van der Waals surface area contributed by atoms with Crippen molar-refractivity contribution < 1.29 is 17.9 Å². The van der Waals surface area contributed by atoms with Crippen molar-refractivity contribution in [3.05, 3.63) is 59.7 Å². The van der Waals surface area contributed by atoms with E-state index in [0.29, 0.717) is 5.69 Å². The lowest BCUT2D eigenvalue weighted by Crippen LogP contribution is -2.50. The van der Waals surface area contributed by atoms with E-state index in [1.165, 1.54) is 0 Å². The maximum Gasteiger partial charge on any atom is 0.243 e. The van der Waals surface area contributed by atoms with Crippen molar-refractivity contribution in [2.75, 3.05) is 17.2 Å². The molecule has 0 saturated carbocycles. The highest BCUT2D eigenvalue weighted by molar-refractivity contribution is 7.92. The van der Waals surface area contributed by atoms with Gasteiger partial charge in [0.15, 0.2) is 0 Å². The van der Waals surface area contributed by atoms with Gasteiger partial charge in [-0.2, -0.15) is 0 Å². The molecular weight excluding hydrogens is 376 g/mol. The number of para-hydroxylation sites is 1. The van der Waals surface area contributed by atoms with Gasteiger partial charge in [-0.05, 0) is 51.5 Å². The van der Waals surface area contributed by atoms with Crippen molar-refractivity contribution in [3.8, 4) is 5.75 Å². The topological polar surface area (TPSA) is 75.7 Å². The number of nitrogens with zero attached hydrogens (tertiary/aromatic N) is 1. The Bertz CT molecular complexity index is 910. The number of carbonyl (C=O) groups is 1. The van der Waals surface area contributed by atoms with Crippen molar-refractivity contribution in [3.63, 3.8) is 0 Å². The molecule has 0 unspecified atom stereocenters. The number of benzene rings is 2. The van der Waals surface area contributed by atoms with Crippen molar-refractivity contribution in [1.29, 1.82) is 0 Å². The molecule has 2 aromatic rings. The SMILES string of the molecule is Cc1ccc(N([C@H](C)C(=O)N[C@@H](C)COc2ccccc2C)S(C)(=O)=O)cc1. The smallest absolute Gasteiger partial charge is 0.243 e. The summed E-state index contributed by atoms with van der Waals surface area (Å²) in [6.45, 7) is 7.55. The lowest BCUT2D eigenvalue weighted by molar-refractivity contribution is -0.122. The predicted molar refractivity (Wildman–Crippen MR) is 112 cm³/mol. The summed E-state index contributed by atoms with van der Waals surface area (Å²) in [5, 5.41) is 2.83. The van der Waals surface area contributed by atoms with Gasteiger partial charge in [-0.1, -0.05) is 35.9 Å². The van der Waals surface area contributed by atoms with Crippen LogP contribution < -0.4 is 14.4 Å². The van der Waals surface area contributed by atoms with Crippen LogP contribution in [-0.2, 0) is 14.8 Å². The summed E-state index contributed by atoms with van der Waals surface area (Å²) < 4.78 is 31.5. The van der Waals surface area contributed by atoms with E-state index in [0.717, 1.165) is 27.4 Å². The first kappa shape index (κ1) is 21.8. The molecule has 0 aliphatic heterocycles. The molecule has 2 rings (SSSR count). The molecule has 6 nitrogen and oxygen atoms in total. The minimum absolute atomic E-state index is 0.283. The molecule has 0 aliphatic rings. The van der Waals surface area contributed by atoms with Gasteiger partial charge in [-0.15, -0.1) is 0 Å². The van der Waals surface area contributed by atoms with Crippen LogP contribution in [0.3, 0.4) is 0 Å². The number of hydrogen-bond donors (Lipinski definition) is 1. The highest BCUT2D eigenvalue weighted by Crippen LogP contribution is 2.21. The summed E-state index contributed by atoms with van der Waals surface area (Å²) in [6.07, 6.45) is 1.10.